The normalized spacial score (nSPS) is 24.4. The van der Waals surface area contributed by atoms with E-state index in [0.29, 0.717) is 17.9 Å². The summed E-state index contributed by atoms with van der Waals surface area (Å²) in [7, 11) is 3.22. The Hall–Kier alpha value is -1.71. The Labute approximate surface area is 126 Å². The van der Waals surface area contributed by atoms with Gasteiger partial charge in [0.2, 0.25) is 0 Å². The van der Waals surface area contributed by atoms with E-state index in [1.54, 1.807) is 14.2 Å². The lowest BCUT2D eigenvalue weighted by Gasteiger charge is -2.39. The third kappa shape index (κ3) is 3.49. The molecule has 0 amide bonds. The molecular formula is C17H24O4. The fourth-order valence-electron chi connectivity index (χ4n) is 3.28. The van der Waals surface area contributed by atoms with Crippen molar-refractivity contribution in [2.75, 3.05) is 14.2 Å². The lowest BCUT2D eigenvalue weighted by molar-refractivity contribution is -0.144. The van der Waals surface area contributed by atoms with E-state index in [-0.39, 0.29) is 17.3 Å². The molecule has 1 saturated carbocycles. The van der Waals surface area contributed by atoms with Crippen LogP contribution in [0.2, 0.25) is 0 Å². The number of carboxylic acids is 1. The van der Waals surface area contributed by atoms with Crippen LogP contribution in [0.3, 0.4) is 0 Å². The molecule has 0 aromatic heterocycles. The first-order chi connectivity index (χ1) is 9.86. The fraction of sp³-hybridized carbons (Fsp3) is 0.588. The van der Waals surface area contributed by atoms with Crippen LogP contribution in [0.1, 0.15) is 44.6 Å². The first-order valence-electron chi connectivity index (χ1n) is 7.32. The van der Waals surface area contributed by atoms with Crippen LogP contribution < -0.4 is 9.47 Å². The topological polar surface area (TPSA) is 55.8 Å². The second-order valence-corrected chi connectivity index (χ2v) is 6.60. The van der Waals surface area contributed by atoms with E-state index >= 15 is 0 Å². The molecule has 1 aliphatic carbocycles. The van der Waals surface area contributed by atoms with Crippen molar-refractivity contribution in [3.63, 3.8) is 0 Å². The number of benzene rings is 1. The van der Waals surface area contributed by atoms with E-state index in [9.17, 15) is 9.90 Å². The summed E-state index contributed by atoms with van der Waals surface area (Å²) in [5, 5.41) is 9.53. The van der Waals surface area contributed by atoms with Crippen LogP contribution in [0.15, 0.2) is 18.2 Å². The molecular weight excluding hydrogens is 268 g/mol. The first-order valence-corrected chi connectivity index (χ1v) is 7.32. The van der Waals surface area contributed by atoms with Gasteiger partial charge in [-0.2, -0.15) is 0 Å². The maximum atomic E-state index is 11.6. The second-order valence-electron chi connectivity index (χ2n) is 6.60. The van der Waals surface area contributed by atoms with Gasteiger partial charge in [0.1, 0.15) is 11.5 Å². The Morgan fingerprint density at radius 3 is 2.24 bits per heavy atom. The predicted molar refractivity (Wildman–Crippen MR) is 81.0 cm³/mol. The van der Waals surface area contributed by atoms with Crippen LogP contribution in [0.5, 0.6) is 11.5 Å². The van der Waals surface area contributed by atoms with Gasteiger partial charge in [-0.25, -0.2) is 0 Å². The summed E-state index contributed by atoms with van der Waals surface area (Å²) in [6.45, 7) is 4.41. The largest absolute Gasteiger partial charge is 0.497 e. The highest BCUT2D eigenvalue weighted by Crippen LogP contribution is 2.47. The summed E-state index contributed by atoms with van der Waals surface area (Å²) in [4.78, 5) is 11.6. The lowest BCUT2D eigenvalue weighted by Crippen LogP contribution is -2.33. The van der Waals surface area contributed by atoms with Gasteiger partial charge in [0.05, 0.1) is 20.1 Å². The maximum absolute atomic E-state index is 11.6. The molecule has 1 N–H and O–H groups in total. The average molecular weight is 292 g/mol. The Balaban J connectivity index is 2.41. The molecule has 1 aromatic carbocycles. The Kier molecular flexibility index (Phi) is 4.45. The van der Waals surface area contributed by atoms with E-state index in [1.807, 2.05) is 18.2 Å². The van der Waals surface area contributed by atoms with Crippen molar-refractivity contribution in [2.45, 2.75) is 39.0 Å². The van der Waals surface area contributed by atoms with E-state index in [1.165, 1.54) is 0 Å². The lowest BCUT2D eigenvalue weighted by atomic mass is 9.65. The number of ether oxygens (including phenoxy) is 2. The number of rotatable bonds is 4. The van der Waals surface area contributed by atoms with Crippen molar-refractivity contribution >= 4 is 5.97 Å². The number of methoxy groups -OCH3 is 2. The highest BCUT2D eigenvalue weighted by Gasteiger charge is 2.39. The standard InChI is InChI=1S/C17H24O4/c1-17(2)6-5-14(16(18)19)15(10-17)11-7-12(20-3)9-13(8-11)21-4/h7-9,14-15H,5-6,10H2,1-4H3,(H,18,19). The van der Waals surface area contributed by atoms with Gasteiger partial charge in [-0.05, 0) is 48.3 Å². The van der Waals surface area contributed by atoms with Gasteiger partial charge < -0.3 is 14.6 Å². The number of hydrogen-bond acceptors (Lipinski definition) is 3. The minimum Gasteiger partial charge on any atom is -0.497 e. The summed E-state index contributed by atoms with van der Waals surface area (Å²) >= 11 is 0. The van der Waals surface area contributed by atoms with Crippen molar-refractivity contribution in [1.82, 2.24) is 0 Å². The first kappa shape index (κ1) is 15.7. The SMILES string of the molecule is COc1cc(OC)cc(C2CC(C)(C)CCC2C(=O)O)c1. The zero-order valence-electron chi connectivity index (χ0n) is 13.2. The molecule has 2 unspecified atom stereocenters. The molecule has 21 heavy (non-hydrogen) atoms. The summed E-state index contributed by atoms with van der Waals surface area (Å²) < 4.78 is 10.6. The summed E-state index contributed by atoms with van der Waals surface area (Å²) in [5.74, 6) is 0.358. The number of hydrogen-bond donors (Lipinski definition) is 1. The van der Waals surface area contributed by atoms with Crippen molar-refractivity contribution in [3.8, 4) is 11.5 Å². The molecule has 0 spiro atoms. The van der Waals surface area contributed by atoms with E-state index in [4.69, 9.17) is 9.47 Å². The molecule has 0 aliphatic heterocycles. The van der Waals surface area contributed by atoms with Crippen LogP contribution >= 0.6 is 0 Å². The van der Waals surface area contributed by atoms with Crippen LogP contribution in [0.4, 0.5) is 0 Å². The summed E-state index contributed by atoms with van der Waals surface area (Å²) in [5.41, 5.74) is 1.15. The molecule has 2 rings (SSSR count). The highest BCUT2D eigenvalue weighted by molar-refractivity contribution is 5.71. The predicted octanol–water partition coefficient (Wildman–Crippen LogP) is 3.70. The molecule has 0 heterocycles. The number of carbonyl (C=O) groups is 1. The van der Waals surface area contributed by atoms with Crippen molar-refractivity contribution in [1.29, 1.82) is 0 Å². The Morgan fingerprint density at radius 1 is 1.19 bits per heavy atom. The van der Waals surface area contributed by atoms with Gasteiger partial charge >= 0.3 is 5.97 Å². The zero-order chi connectivity index (χ0) is 15.6. The highest BCUT2D eigenvalue weighted by atomic mass is 16.5. The minimum atomic E-state index is -0.711. The maximum Gasteiger partial charge on any atom is 0.307 e. The molecule has 1 aromatic rings. The van der Waals surface area contributed by atoms with E-state index < -0.39 is 5.97 Å². The van der Waals surface area contributed by atoms with Gasteiger partial charge in [0.15, 0.2) is 0 Å². The minimum absolute atomic E-state index is 0.00440. The van der Waals surface area contributed by atoms with Crippen molar-refractivity contribution < 1.29 is 19.4 Å². The third-order valence-electron chi connectivity index (χ3n) is 4.51. The van der Waals surface area contributed by atoms with Gasteiger partial charge in [0, 0.05) is 6.07 Å². The molecule has 0 radical (unpaired) electrons. The summed E-state index contributed by atoms with van der Waals surface area (Å²) in [6, 6.07) is 5.68. The fourth-order valence-corrected chi connectivity index (χ4v) is 3.28. The smallest absolute Gasteiger partial charge is 0.307 e. The molecule has 0 bridgehead atoms. The molecule has 1 fully saturated rings. The van der Waals surface area contributed by atoms with Crippen molar-refractivity contribution in [3.05, 3.63) is 23.8 Å². The quantitative estimate of drug-likeness (QED) is 0.919. The van der Waals surface area contributed by atoms with Crippen LogP contribution in [-0.4, -0.2) is 25.3 Å². The van der Waals surface area contributed by atoms with Crippen LogP contribution in [0.25, 0.3) is 0 Å². The zero-order valence-corrected chi connectivity index (χ0v) is 13.2. The van der Waals surface area contributed by atoms with Crippen molar-refractivity contribution in [2.24, 2.45) is 11.3 Å². The average Bonchev–Trinajstić information content (AvgIpc) is 2.45. The molecule has 1 aliphatic rings. The number of carboxylic acid groups (broad SMARTS) is 1. The Morgan fingerprint density at radius 2 is 1.76 bits per heavy atom. The summed E-state index contributed by atoms with van der Waals surface area (Å²) in [6.07, 6.45) is 2.52. The molecule has 2 atom stereocenters. The van der Waals surface area contributed by atoms with Crippen LogP contribution in [0, 0.1) is 11.3 Å². The second kappa shape index (κ2) is 5.96. The van der Waals surface area contributed by atoms with Crippen LogP contribution in [-0.2, 0) is 4.79 Å². The van der Waals surface area contributed by atoms with Gasteiger partial charge in [0.25, 0.3) is 0 Å². The third-order valence-corrected chi connectivity index (χ3v) is 4.51. The van der Waals surface area contributed by atoms with Gasteiger partial charge in [-0.1, -0.05) is 13.8 Å². The van der Waals surface area contributed by atoms with Gasteiger partial charge in [-0.15, -0.1) is 0 Å². The number of aliphatic carboxylic acids is 1. The Bertz CT molecular complexity index is 499. The molecule has 0 saturated heterocycles. The molecule has 116 valence electrons. The monoisotopic (exact) mass is 292 g/mol. The molecule has 4 heteroatoms. The van der Waals surface area contributed by atoms with Gasteiger partial charge in [-0.3, -0.25) is 4.79 Å². The van der Waals surface area contributed by atoms with E-state index in [2.05, 4.69) is 13.8 Å². The molecule has 4 nitrogen and oxygen atoms in total. The van der Waals surface area contributed by atoms with E-state index in [0.717, 1.165) is 18.4 Å².